The maximum Gasteiger partial charge on any atom is 0.317 e. The average Bonchev–Trinajstić information content (AvgIpc) is 3.31. The summed E-state index contributed by atoms with van der Waals surface area (Å²) in [4.78, 5) is 25.9. The summed E-state index contributed by atoms with van der Waals surface area (Å²) in [6.07, 6.45) is 3.41. The molecule has 1 saturated carbocycles. The van der Waals surface area contributed by atoms with Crippen molar-refractivity contribution in [3.05, 3.63) is 30.1 Å². The molecule has 1 aromatic rings. The van der Waals surface area contributed by atoms with Crippen LogP contribution in [0, 0.1) is 11.7 Å². The number of benzene rings is 1. The third-order valence-corrected chi connectivity index (χ3v) is 4.15. The van der Waals surface area contributed by atoms with Crippen LogP contribution in [0.15, 0.2) is 24.3 Å². The van der Waals surface area contributed by atoms with Gasteiger partial charge in [-0.3, -0.25) is 4.79 Å². The Balaban J connectivity index is 1.48. The molecule has 1 heterocycles. The van der Waals surface area contributed by atoms with Crippen LogP contribution in [0.25, 0.3) is 0 Å². The number of carbonyl (C=O) groups is 2. The number of urea groups is 1. The Morgan fingerprint density at radius 1 is 1.14 bits per heavy atom. The topological polar surface area (TPSA) is 61.4 Å². The predicted octanol–water partition coefficient (Wildman–Crippen LogP) is 2.35. The molecule has 0 bridgehead atoms. The van der Waals surface area contributed by atoms with Crippen molar-refractivity contribution in [2.75, 3.05) is 18.4 Å². The van der Waals surface area contributed by atoms with Crippen LogP contribution in [0.3, 0.4) is 0 Å². The zero-order valence-corrected chi connectivity index (χ0v) is 12.3. The van der Waals surface area contributed by atoms with Crippen LogP contribution in [0.2, 0.25) is 0 Å². The Bertz CT molecular complexity index is 566. The molecule has 118 valence electrons. The number of carbonyl (C=O) groups excluding carboxylic acids is 2. The van der Waals surface area contributed by atoms with Crippen LogP contribution in [-0.4, -0.2) is 36.0 Å². The van der Waals surface area contributed by atoms with Crippen molar-refractivity contribution in [1.82, 2.24) is 10.2 Å². The first kappa shape index (κ1) is 14.8. The molecule has 1 aliphatic heterocycles. The van der Waals surface area contributed by atoms with Crippen LogP contribution < -0.4 is 10.6 Å². The minimum Gasteiger partial charge on any atom is -0.335 e. The van der Waals surface area contributed by atoms with E-state index in [0.29, 0.717) is 37.7 Å². The number of halogens is 1. The van der Waals surface area contributed by atoms with Gasteiger partial charge in [-0.05, 0) is 43.9 Å². The van der Waals surface area contributed by atoms with E-state index >= 15 is 0 Å². The Kier molecular flexibility index (Phi) is 4.27. The largest absolute Gasteiger partial charge is 0.335 e. The second-order valence-corrected chi connectivity index (χ2v) is 5.98. The van der Waals surface area contributed by atoms with Crippen LogP contribution in [0.4, 0.5) is 14.9 Å². The minimum atomic E-state index is -0.371. The molecule has 2 N–H and O–H groups in total. The number of amides is 3. The van der Waals surface area contributed by atoms with E-state index < -0.39 is 0 Å². The molecule has 22 heavy (non-hydrogen) atoms. The van der Waals surface area contributed by atoms with Gasteiger partial charge in [0, 0.05) is 30.7 Å². The van der Waals surface area contributed by atoms with Gasteiger partial charge in [0.2, 0.25) is 5.91 Å². The van der Waals surface area contributed by atoms with E-state index in [2.05, 4.69) is 10.6 Å². The highest BCUT2D eigenvalue weighted by Gasteiger charge is 2.30. The number of hydrogen-bond donors (Lipinski definition) is 2. The smallest absolute Gasteiger partial charge is 0.317 e. The number of hydrogen-bond acceptors (Lipinski definition) is 2. The third kappa shape index (κ3) is 3.75. The van der Waals surface area contributed by atoms with Gasteiger partial charge >= 0.3 is 6.03 Å². The molecule has 0 radical (unpaired) electrons. The Morgan fingerprint density at radius 2 is 1.86 bits per heavy atom. The van der Waals surface area contributed by atoms with Gasteiger partial charge in [0.25, 0.3) is 0 Å². The minimum absolute atomic E-state index is 0.0218. The molecule has 2 aliphatic rings. The number of rotatable bonds is 3. The number of nitrogens with one attached hydrogen (secondary N) is 2. The van der Waals surface area contributed by atoms with Gasteiger partial charge in [-0.15, -0.1) is 0 Å². The lowest BCUT2D eigenvalue weighted by atomic mass is 9.96. The van der Waals surface area contributed by atoms with Crippen molar-refractivity contribution in [3.63, 3.8) is 0 Å². The van der Waals surface area contributed by atoms with Crippen LogP contribution in [-0.2, 0) is 4.79 Å². The molecule has 1 aromatic carbocycles. The Labute approximate surface area is 128 Å². The molecule has 5 nitrogen and oxygen atoms in total. The molecule has 3 rings (SSSR count). The molecular weight excluding hydrogens is 285 g/mol. The molecule has 1 saturated heterocycles. The van der Waals surface area contributed by atoms with Crippen molar-refractivity contribution in [3.8, 4) is 0 Å². The van der Waals surface area contributed by atoms with Crippen molar-refractivity contribution < 1.29 is 14.0 Å². The molecule has 0 unspecified atom stereocenters. The van der Waals surface area contributed by atoms with Crippen LogP contribution in [0.5, 0.6) is 0 Å². The number of piperidine rings is 1. The lowest BCUT2D eigenvalue weighted by molar-refractivity contribution is -0.121. The summed E-state index contributed by atoms with van der Waals surface area (Å²) in [5.41, 5.74) is 0.471. The first-order chi connectivity index (χ1) is 10.6. The zero-order chi connectivity index (χ0) is 15.5. The highest BCUT2D eigenvalue weighted by molar-refractivity contribution is 5.92. The van der Waals surface area contributed by atoms with Gasteiger partial charge in [-0.2, -0.15) is 0 Å². The summed E-state index contributed by atoms with van der Waals surface area (Å²) >= 11 is 0. The summed E-state index contributed by atoms with van der Waals surface area (Å²) in [5.74, 6) is -0.606. The molecule has 1 aliphatic carbocycles. The fourth-order valence-corrected chi connectivity index (χ4v) is 2.65. The van der Waals surface area contributed by atoms with Gasteiger partial charge in [0.05, 0.1) is 0 Å². The fourth-order valence-electron chi connectivity index (χ4n) is 2.65. The molecule has 3 amide bonds. The molecule has 6 heteroatoms. The van der Waals surface area contributed by atoms with Gasteiger partial charge in [0.1, 0.15) is 5.82 Å². The van der Waals surface area contributed by atoms with Gasteiger partial charge in [-0.1, -0.05) is 6.07 Å². The number of nitrogens with zero attached hydrogens (tertiary/aromatic N) is 1. The Morgan fingerprint density at radius 3 is 2.50 bits per heavy atom. The van der Waals surface area contributed by atoms with E-state index in [-0.39, 0.29) is 23.7 Å². The first-order valence-electron chi connectivity index (χ1n) is 7.74. The number of anilines is 1. The summed E-state index contributed by atoms with van der Waals surface area (Å²) in [6, 6.07) is 6.20. The molecule has 0 atom stereocenters. The molecule has 0 aromatic heterocycles. The third-order valence-electron chi connectivity index (χ3n) is 4.15. The molecule has 2 fully saturated rings. The van der Waals surface area contributed by atoms with Crippen molar-refractivity contribution in [2.45, 2.75) is 31.7 Å². The van der Waals surface area contributed by atoms with E-state index in [0.717, 1.165) is 12.8 Å². The predicted molar refractivity (Wildman–Crippen MR) is 80.9 cm³/mol. The highest BCUT2D eigenvalue weighted by Crippen LogP contribution is 2.22. The van der Waals surface area contributed by atoms with Gasteiger partial charge in [-0.25, -0.2) is 9.18 Å². The molecular formula is C16H20FN3O2. The summed E-state index contributed by atoms with van der Waals surface area (Å²) < 4.78 is 13.1. The Hall–Kier alpha value is -2.11. The monoisotopic (exact) mass is 305 g/mol. The van der Waals surface area contributed by atoms with E-state index in [1.807, 2.05) is 0 Å². The SMILES string of the molecule is O=C(Nc1cccc(F)c1)C1CCN(C(=O)NC2CC2)CC1. The summed E-state index contributed by atoms with van der Waals surface area (Å²) in [7, 11) is 0. The van der Waals surface area contributed by atoms with Crippen LogP contribution in [0.1, 0.15) is 25.7 Å². The normalized spacial score (nSPS) is 18.9. The van der Waals surface area contributed by atoms with E-state index in [4.69, 9.17) is 0 Å². The summed E-state index contributed by atoms with van der Waals surface area (Å²) in [5, 5.41) is 5.70. The van der Waals surface area contributed by atoms with Crippen molar-refractivity contribution in [1.29, 1.82) is 0 Å². The van der Waals surface area contributed by atoms with E-state index in [1.54, 1.807) is 17.0 Å². The van der Waals surface area contributed by atoms with E-state index in [1.165, 1.54) is 12.1 Å². The maximum absolute atomic E-state index is 13.1. The second-order valence-electron chi connectivity index (χ2n) is 5.98. The lowest BCUT2D eigenvalue weighted by Crippen LogP contribution is -2.46. The van der Waals surface area contributed by atoms with Crippen molar-refractivity contribution in [2.24, 2.45) is 5.92 Å². The lowest BCUT2D eigenvalue weighted by Gasteiger charge is -2.31. The number of likely N-dealkylation sites (tertiary alicyclic amines) is 1. The van der Waals surface area contributed by atoms with Gasteiger partial charge < -0.3 is 15.5 Å². The average molecular weight is 305 g/mol. The quantitative estimate of drug-likeness (QED) is 0.900. The van der Waals surface area contributed by atoms with Crippen molar-refractivity contribution >= 4 is 17.6 Å². The van der Waals surface area contributed by atoms with Crippen LogP contribution >= 0.6 is 0 Å². The fraction of sp³-hybridized carbons (Fsp3) is 0.500. The molecule has 0 spiro atoms. The standard InChI is InChI=1S/C16H20FN3O2/c17-12-2-1-3-14(10-12)18-15(21)11-6-8-20(9-7-11)16(22)19-13-4-5-13/h1-3,10-11,13H,4-9H2,(H,18,21)(H,19,22). The second kappa shape index (κ2) is 6.34. The summed E-state index contributed by atoms with van der Waals surface area (Å²) in [6.45, 7) is 1.17. The maximum atomic E-state index is 13.1. The van der Waals surface area contributed by atoms with E-state index in [9.17, 15) is 14.0 Å². The highest BCUT2D eigenvalue weighted by atomic mass is 19.1. The zero-order valence-electron chi connectivity index (χ0n) is 12.3. The first-order valence-corrected chi connectivity index (χ1v) is 7.74. The van der Waals surface area contributed by atoms with Gasteiger partial charge in [0.15, 0.2) is 0 Å².